The lowest BCUT2D eigenvalue weighted by Gasteiger charge is -2.31. The summed E-state index contributed by atoms with van der Waals surface area (Å²) < 4.78 is 26.1. The third-order valence-electron chi connectivity index (χ3n) is 5.18. The molecule has 2 aromatic carbocycles. The number of ketones is 1. The molecule has 10 heteroatoms. The number of rotatable bonds is 11. The van der Waals surface area contributed by atoms with Gasteiger partial charge in [-0.15, -0.1) is 0 Å². The summed E-state index contributed by atoms with van der Waals surface area (Å²) in [6.45, 7) is 4.86. The summed E-state index contributed by atoms with van der Waals surface area (Å²) >= 11 is 6.09. The highest BCUT2D eigenvalue weighted by molar-refractivity contribution is 7.92. The number of carbonyl (C=O) groups is 3. The van der Waals surface area contributed by atoms with Crippen molar-refractivity contribution in [2.24, 2.45) is 0 Å². The van der Waals surface area contributed by atoms with Gasteiger partial charge in [-0.05, 0) is 50.1 Å². The number of anilines is 1. The van der Waals surface area contributed by atoms with Gasteiger partial charge in [0.25, 0.3) is 0 Å². The maximum atomic E-state index is 13.4. The van der Waals surface area contributed by atoms with Crippen LogP contribution in [0.4, 0.5) is 5.69 Å². The van der Waals surface area contributed by atoms with Crippen LogP contribution in [0.15, 0.2) is 48.5 Å². The monoisotopic (exact) mass is 507 g/mol. The first-order chi connectivity index (χ1) is 15.9. The van der Waals surface area contributed by atoms with E-state index in [1.807, 2.05) is 6.92 Å². The van der Waals surface area contributed by atoms with Crippen molar-refractivity contribution < 1.29 is 22.8 Å². The van der Waals surface area contributed by atoms with Gasteiger partial charge in [0.05, 0.1) is 11.9 Å². The van der Waals surface area contributed by atoms with Crippen molar-refractivity contribution in [2.45, 2.75) is 39.8 Å². The summed E-state index contributed by atoms with van der Waals surface area (Å²) in [6.07, 6.45) is 1.72. The first-order valence-electron chi connectivity index (χ1n) is 10.8. The molecular formula is C24H30ClN3O5S. The quantitative estimate of drug-likeness (QED) is 0.470. The first kappa shape index (κ1) is 27.3. The highest BCUT2D eigenvalue weighted by atomic mass is 35.5. The molecule has 2 aromatic rings. The second-order valence-electron chi connectivity index (χ2n) is 7.99. The number of amides is 2. The van der Waals surface area contributed by atoms with Crippen LogP contribution in [-0.2, 0) is 26.2 Å². The number of hydrogen-bond acceptors (Lipinski definition) is 5. The van der Waals surface area contributed by atoms with E-state index in [9.17, 15) is 22.8 Å². The van der Waals surface area contributed by atoms with Gasteiger partial charge < -0.3 is 10.2 Å². The van der Waals surface area contributed by atoms with Gasteiger partial charge in [0.2, 0.25) is 21.8 Å². The minimum Gasteiger partial charge on any atom is -0.354 e. The van der Waals surface area contributed by atoms with Crippen molar-refractivity contribution in [3.8, 4) is 0 Å². The van der Waals surface area contributed by atoms with E-state index in [4.69, 9.17) is 11.6 Å². The van der Waals surface area contributed by atoms with E-state index in [1.165, 1.54) is 24.0 Å². The molecule has 2 amide bonds. The van der Waals surface area contributed by atoms with Gasteiger partial charge >= 0.3 is 0 Å². The molecule has 1 N–H and O–H groups in total. The van der Waals surface area contributed by atoms with E-state index < -0.39 is 28.5 Å². The molecular weight excluding hydrogens is 478 g/mol. The molecule has 0 heterocycles. The minimum atomic E-state index is -3.88. The second kappa shape index (κ2) is 12.0. The van der Waals surface area contributed by atoms with E-state index in [0.717, 1.165) is 17.0 Å². The van der Waals surface area contributed by atoms with Crippen molar-refractivity contribution in [2.75, 3.05) is 23.7 Å². The number of carbonyl (C=O) groups excluding carboxylic acids is 3. The molecule has 2 rings (SSSR count). The molecule has 0 radical (unpaired) electrons. The van der Waals surface area contributed by atoms with Crippen LogP contribution in [0, 0.1) is 0 Å². The van der Waals surface area contributed by atoms with Crippen LogP contribution in [0.25, 0.3) is 0 Å². The fourth-order valence-electron chi connectivity index (χ4n) is 3.30. The third kappa shape index (κ3) is 7.56. The van der Waals surface area contributed by atoms with Crippen molar-refractivity contribution in [1.29, 1.82) is 0 Å². The zero-order valence-corrected chi connectivity index (χ0v) is 21.3. The van der Waals surface area contributed by atoms with Crippen LogP contribution in [0.3, 0.4) is 0 Å². The number of Topliss-reactive ketones (excluding diaryl/α,β-unsaturated/α-hetero) is 1. The van der Waals surface area contributed by atoms with Gasteiger partial charge in [0.1, 0.15) is 12.6 Å². The Morgan fingerprint density at radius 2 is 1.76 bits per heavy atom. The molecule has 0 aliphatic carbocycles. The highest BCUT2D eigenvalue weighted by Crippen LogP contribution is 2.21. The Hall–Kier alpha value is -2.91. The summed E-state index contributed by atoms with van der Waals surface area (Å²) in [6, 6.07) is 12.1. The summed E-state index contributed by atoms with van der Waals surface area (Å²) in [7, 11) is -3.88. The van der Waals surface area contributed by atoms with Crippen LogP contribution in [0.1, 0.15) is 43.1 Å². The minimum absolute atomic E-state index is 0.0607. The Kier molecular flexibility index (Phi) is 9.64. The Bertz CT molecular complexity index is 1150. The Labute approximate surface area is 205 Å². The Balaban J connectivity index is 2.41. The molecule has 0 aliphatic heterocycles. The predicted octanol–water partition coefficient (Wildman–Crippen LogP) is 3.25. The molecule has 8 nitrogen and oxygen atoms in total. The second-order valence-corrected chi connectivity index (χ2v) is 10.3. The SMILES string of the molecule is CCCNC(=O)C(C)N(Cc1cccc(Cl)c1)C(=O)CN(c1cccc(C(C)=O)c1)S(C)(=O)=O. The van der Waals surface area contributed by atoms with Gasteiger partial charge in [-0.2, -0.15) is 0 Å². The lowest BCUT2D eigenvalue weighted by atomic mass is 10.1. The average Bonchev–Trinajstić information content (AvgIpc) is 2.78. The van der Waals surface area contributed by atoms with E-state index in [1.54, 1.807) is 43.3 Å². The van der Waals surface area contributed by atoms with Crippen molar-refractivity contribution in [3.05, 3.63) is 64.7 Å². The fourth-order valence-corrected chi connectivity index (χ4v) is 4.36. The zero-order chi connectivity index (χ0) is 25.5. The summed E-state index contributed by atoms with van der Waals surface area (Å²) in [4.78, 5) is 39.2. The van der Waals surface area contributed by atoms with Crippen LogP contribution >= 0.6 is 11.6 Å². The largest absolute Gasteiger partial charge is 0.354 e. The summed E-state index contributed by atoms with van der Waals surface area (Å²) in [5.41, 5.74) is 1.21. The molecule has 1 unspecified atom stereocenters. The van der Waals surface area contributed by atoms with Crippen LogP contribution in [-0.4, -0.2) is 56.3 Å². The lowest BCUT2D eigenvalue weighted by molar-refractivity contribution is -0.139. The molecule has 184 valence electrons. The molecule has 1 atom stereocenters. The number of sulfonamides is 1. The molecule has 0 spiro atoms. The van der Waals surface area contributed by atoms with Crippen LogP contribution in [0.2, 0.25) is 5.02 Å². The van der Waals surface area contributed by atoms with E-state index in [-0.39, 0.29) is 23.9 Å². The summed E-state index contributed by atoms with van der Waals surface area (Å²) in [5, 5.41) is 3.25. The molecule has 0 aliphatic rings. The molecule has 0 saturated heterocycles. The highest BCUT2D eigenvalue weighted by Gasteiger charge is 2.30. The van der Waals surface area contributed by atoms with Crippen molar-refractivity contribution in [3.63, 3.8) is 0 Å². The zero-order valence-electron chi connectivity index (χ0n) is 19.7. The van der Waals surface area contributed by atoms with Crippen molar-refractivity contribution >= 4 is 44.9 Å². The number of nitrogens with one attached hydrogen (secondary N) is 1. The smallest absolute Gasteiger partial charge is 0.244 e. The van der Waals surface area contributed by atoms with Gasteiger partial charge in [0, 0.05) is 23.7 Å². The summed E-state index contributed by atoms with van der Waals surface area (Å²) in [5.74, 6) is -1.15. The van der Waals surface area contributed by atoms with Crippen molar-refractivity contribution in [1.82, 2.24) is 10.2 Å². The third-order valence-corrected chi connectivity index (χ3v) is 6.55. The molecule has 0 fully saturated rings. The van der Waals surface area contributed by atoms with Gasteiger partial charge in [-0.25, -0.2) is 8.42 Å². The number of nitrogens with zero attached hydrogens (tertiary/aromatic N) is 2. The lowest BCUT2D eigenvalue weighted by Crippen LogP contribution is -2.51. The molecule has 0 aromatic heterocycles. The normalized spacial score (nSPS) is 12.0. The molecule has 34 heavy (non-hydrogen) atoms. The Morgan fingerprint density at radius 1 is 1.09 bits per heavy atom. The van der Waals surface area contributed by atoms with Gasteiger partial charge in [-0.3, -0.25) is 18.7 Å². The number of halogens is 1. The van der Waals surface area contributed by atoms with Gasteiger partial charge in [-0.1, -0.05) is 42.8 Å². The molecule has 0 bridgehead atoms. The first-order valence-corrected chi connectivity index (χ1v) is 13.1. The van der Waals surface area contributed by atoms with Gasteiger partial charge in [0.15, 0.2) is 5.78 Å². The van der Waals surface area contributed by atoms with E-state index in [2.05, 4.69) is 5.32 Å². The standard InChI is InChI=1S/C24H30ClN3O5S/c1-5-12-26-24(31)17(2)27(15-19-8-6-10-21(25)13-19)23(30)16-28(34(4,32)33)22-11-7-9-20(14-22)18(3)29/h6-11,13-14,17H,5,12,15-16H2,1-4H3,(H,26,31). The maximum Gasteiger partial charge on any atom is 0.244 e. The maximum absolute atomic E-state index is 13.4. The number of benzene rings is 2. The average molecular weight is 508 g/mol. The topological polar surface area (TPSA) is 104 Å². The number of hydrogen-bond donors (Lipinski definition) is 1. The predicted molar refractivity (Wildman–Crippen MR) is 133 cm³/mol. The Morgan fingerprint density at radius 3 is 2.35 bits per heavy atom. The van der Waals surface area contributed by atoms with Crippen LogP contribution < -0.4 is 9.62 Å². The fraction of sp³-hybridized carbons (Fsp3) is 0.375. The van der Waals surface area contributed by atoms with E-state index in [0.29, 0.717) is 22.7 Å². The van der Waals surface area contributed by atoms with Crippen LogP contribution in [0.5, 0.6) is 0 Å². The molecule has 0 saturated carbocycles. The van der Waals surface area contributed by atoms with E-state index >= 15 is 0 Å².